The summed E-state index contributed by atoms with van der Waals surface area (Å²) in [6.07, 6.45) is 0. The van der Waals surface area contributed by atoms with Crippen molar-refractivity contribution in [2.24, 2.45) is 0 Å². The predicted octanol–water partition coefficient (Wildman–Crippen LogP) is 2.73. The normalized spacial score (nSPS) is 20.5. The summed E-state index contributed by atoms with van der Waals surface area (Å²) < 4.78 is 41.1. The third-order valence-corrected chi connectivity index (χ3v) is 7.53. The van der Waals surface area contributed by atoms with Gasteiger partial charge in [0.2, 0.25) is 16.0 Å². The predicted molar refractivity (Wildman–Crippen MR) is 118 cm³/mol. The first-order valence-electron chi connectivity index (χ1n) is 9.08. The lowest BCUT2D eigenvalue weighted by atomic mass is 9.93. The summed E-state index contributed by atoms with van der Waals surface area (Å²) >= 11 is 3.35. The van der Waals surface area contributed by atoms with E-state index in [0.717, 1.165) is 14.8 Å². The van der Waals surface area contributed by atoms with Crippen molar-refractivity contribution in [2.45, 2.75) is 12.5 Å². The molecular formula is C19H18BrFN6O3S. The maximum Gasteiger partial charge on any atom is 0.291 e. The molecule has 1 fully saturated rings. The zero-order valence-electron chi connectivity index (χ0n) is 16.5. The first-order valence-corrected chi connectivity index (χ1v) is 11.5. The number of hydrogen-bond donors (Lipinski definition) is 4. The molecule has 2 aromatic carbocycles. The van der Waals surface area contributed by atoms with Gasteiger partial charge in [-0.1, -0.05) is 15.9 Å². The molecule has 4 N–H and O–H groups in total. The second-order valence-electron chi connectivity index (χ2n) is 7.43. The van der Waals surface area contributed by atoms with Gasteiger partial charge in [-0.25, -0.2) is 22.1 Å². The molecule has 0 saturated carbocycles. The van der Waals surface area contributed by atoms with Gasteiger partial charge in [0.05, 0.1) is 22.3 Å². The topological polar surface area (TPSA) is 131 Å². The molecule has 12 heteroatoms. The quantitative estimate of drug-likeness (QED) is 0.431. The Bertz CT molecular complexity index is 1340. The van der Waals surface area contributed by atoms with Gasteiger partial charge in [-0.2, -0.15) is 0 Å². The molecule has 2 heterocycles. The average Bonchev–Trinajstić information content (AvgIpc) is 3.10. The van der Waals surface area contributed by atoms with Crippen molar-refractivity contribution in [3.05, 3.63) is 58.1 Å². The van der Waals surface area contributed by atoms with Crippen LogP contribution in [0.4, 0.5) is 10.1 Å². The fourth-order valence-electron chi connectivity index (χ4n) is 3.42. The van der Waals surface area contributed by atoms with E-state index in [9.17, 15) is 17.6 Å². The molecule has 0 spiro atoms. The van der Waals surface area contributed by atoms with E-state index < -0.39 is 33.0 Å². The third kappa shape index (κ3) is 3.88. The molecule has 4 rings (SSSR count). The van der Waals surface area contributed by atoms with Crippen molar-refractivity contribution in [1.82, 2.24) is 19.6 Å². The lowest BCUT2D eigenvalue weighted by molar-refractivity contribution is 0.101. The number of imidazole rings is 1. The van der Waals surface area contributed by atoms with Gasteiger partial charge in [0.1, 0.15) is 5.82 Å². The van der Waals surface area contributed by atoms with Crippen molar-refractivity contribution in [1.29, 1.82) is 5.41 Å². The Morgan fingerprint density at radius 3 is 2.77 bits per heavy atom. The number of hydrogen-bond acceptors (Lipinski definition) is 5. The van der Waals surface area contributed by atoms with Crippen molar-refractivity contribution in [2.75, 3.05) is 18.1 Å². The lowest BCUT2D eigenvalue weighted by Crippen LogP contribution is -2.61. The highest BCUT2D eigenvalue weighted by atomic mass is 79.9. The van der Waals surface area contributed by atoms with Gasteiger partial charge in [0.25, 0.3) is 5.91 Å². The molecule has 0 bridgehead atoms. The van der Waals surface area contributed by atoms with Gasteiger partial charge in [0, 0.05) is 22.8 Å². The number of nitrogens with zero attached hydrogens (tertiary/aromatic N) is 2. The number of fused-ring (bicyclic) bond motifs is 1. The van der Waals surface area contributed by atoms with Gasteiger partial charge < -0.3 is 15.6 Å². The molecule has 1 aliphatic rings. The van der Waals surface area contributed by atoms with Crippen LogP contribution >= 0.6 is 15.9 Å². The molecular weight excluding hydrogens is 491 g/mol. The molecule has 1 aliphatic heterocycles. The lowest BCUT2D eigenvalue weighted by Gasteiger charge is -2.40. The number of anilines is 1. The average molecular weight is 509 g/mol. The number of sulfonamides is 1. The van der Waals surface area contributed by atoms with Crippen LogP contribution in [0, 0.1) is 11.2 Å². The SMILES string of the molecule is CN1C(=N)N[C@](C)(c2cc(NC(=O)c3nc4cc(Br)ccc4[nH]3)ccc2F)CS1(=O)=O. The van der Waals surface area contributed by atoms with Crippen LogP contribution in [0.5, 0.6) is 0 Å². The second-order valence-corrected chi connectivity index (χ2v) is 10.3. The molecule has 3 aromatic rings. The van der Waals surface area contributed by atoms with Gasteiger partial charge in [-0.15, -0.1) is 0 Å². The number of amides is 1. The highest BCUT2D eigenvalue weighted by Gasteiger charge is 2.43. The van der Waals surface area contributed by atoms with Gasteiger partial charge >= 0.3 is 0 Å². The fraction of sp³-hybridized carbons (Fsp3) is 0.211. The van der Waals surface area contributed by atoms with Crippen LogP contribution in [0.25, 0.3) is 11.0 Å². The molecule has 9 nitrogen and oxygen atoms in total. The maximum absolute atomic E-state index is 14.7. The van der Waals surface area contributed by atoms with E-state index in [0.29, 0.717) is 11.0 Å². The second kappa shape index (κ2) is 7.31. The molecule has 1 saturated heterocycles. The summed E-state index contributed by atoms with van der Waals surface area (Å²) in [4.78, 5) is 19.8. The van der Waals surface area contributed by atoms with Crippen LogP contribution in [-0.2, 0) is 15.6 Å². The summed E-state index contributed by atoms with van der Waals surface area (Å²) in [7, 11) is -2.55. The van der Waals surface area contributed by atoms with E-state index in [1.807, 2.05) is 6.07 Å². The van der Waals surface area contributed by atoms with Crippen LogP contribution in [0.2, 0.25) is 0 Å². The van der Waals surface area contributed by atoms with Crippen molar-refractivity contribution in [3.8, 4) is 0 Å². The van der Waals surface area contributed by atoms with Crippen molar-refractivity contribution >= 4 is 54.5 Å². The molecule has 1 aromatic heterocycles. The highest BCUT2D eigenvalue weighted by Crippen LogP contribution is 2.31. The van der Waals surface area contributed by atoms with Crippen LogP contribution in [0.3, 0.4) is 0 Å². The van der Waals surface area contributed by atoms with Gasteiger partial charge in [-0.3, -0.25) is 10.2 Å². The van der Waals surface area contributed by atoms with E-state index in [1.54, 1.807) is 12.1 Å². The van der Waals surface area contributed by atoms with Crippen LogP contribution in [0.1, 0.15) is 23.1 Å². The number of rotatable bonds is 3. The van der Waals surface area contributed by atoms with Crippen molar-refractivity contribution < 1.29 is 17.6 Å². The summed E-state index contributed by atoms with van der Waals surface area (Å²) in [6, 6.07) is 9.22. The first-order chi connectivity index (χ1) is 14.5. The Morgan fingerprint density at radius 1 is 1.32 bits per heavy atom. The van der Waals surface area contributed by atoms with E-state index >= 15 is 0 Å². The molecule has 0 unspecified atom stereocenters. The number of H-pyrrole nitrogens is 1. The zero-order valence-corrected chi connectivity index (χ0v) is 18.9. The minimum Gasteiger partial charge on any atom is -0.345 e. The zero-order chi connectivity index (χ0) is 22.6. The monoisotopic (exact) mass is 508 g/mol. The molecule has 1 atom stereocenters. The Labute approximate surface area is 185 Å². The number of nitrogens with one attached hydrogen (secondary N) is 4. The van der Waals surface area contributed by atoms with E-state index in [4.69, 9.17) is 5.41 Å². The third-order valence-electron chi connectivity index (χ3n) is 5.08. The number of halogens is 2. The van der Waals surface area contributed by atoms with Gasteiger partial charge in [0.15, 0.2) is 5.82 Å². The molecule has 31 heavy (non-hydrogen) atoms. The molecule has 0 radical (unpaired) electrons. The highest BCUT2D eigenvalue weighted by molar-refractivity contribution is 9.10. The largest absolute Gasteiger partial charge is 0.345 e. The van der Waals surface area contributed by atoms with Crippen LogP contribution in [0.15, 0.2) is 40.9 Å². The van der Waals surface area contributed by atoms with Crippen LogP contribution in [-0.4, -0.2) is 47.4 Å². The van der Waals surface area contributed by atoms with E-state index in [2.05, 4.69) is 36.5 Å². The summed E-state index contributed by atoms with van der Waals surface area (Å²) in [6.45, 7) is 1.49. The van der Waals surface area contributed by atoms with Gasteiger partial charge in [-0.05, 0) is 43.3 Å². The Kier molecular flexibility index (Phi) is 5.01. The number of guanidine groups is 1. The van der Waals surface area contributed by atoms with Crippen molar-refractivity contribution in [3.63, 3.8) is 0 Å². The summed E-state index contributed by atoms with van der Waals surface area (Å²) in [5, 5.41) is 13.3. The Morgan fingerprint density at radius 2 is 2.06 bits per heavy atom. The molecule has 1 amide bonds. The standard InChI is InChI=1S/C19H18BrFN6O3S/c1-19(9-31(29,30)27(2)18(22)26-19)12-8-11(4-5-13(12)21)23-17(28)16-24-14-6-3-10(20)7-15(14)25-16/h3-8H,9H2,1-2H3,(H2,22,26)(H,23,28)(H,24,25)/t19-/m0/s1. The summed E-state index contributed by atoms with van der Waals surface area (Å²) in [5.41, 5.74) is 0.166. The maximum atomic E-state index is 14.7. The fourth-order valence-corrected chi connectivity index (χ4v) is 5.25. The van der Waals surface area contributed by atoms with E-state index in [-0.39, 0.29) is 23.0 Å². The minimum atomic E-state index is -3.81. The number of aromatic nitrogens is 2. The first kappa shape index (κ1) is 21.2. The Hall–Kier alpha value is -2.99. The minimum absolute atomic E-state index is 0.0141. The smallest absolute Gasteiger partial charge is 0.291 e. The number of carbonyl (C=O) groups is 1. The number of aromatic amines is 1. The Balaban J connectivity index is 1.64. The van der Waals surface area contributed by atoms with Crippen LogP contribution < -0.4 is 10.6 Å². The number of carbonyl (C=O) groups excluding carboxylic acids is 1. The molecule has 162 valence electrons. The number of benzene rings is 2. The summed E-state index contributed by atoms with van der Waals surface area (Å²) in [5.74, 6) is -1.94. The van der Waals surface area contributed by atoms with E-state index in [1.165, 1.54) is 26.1 Å². The molecule has 0 aliphatic carbocycles.